The van der Waals surface area contributed by atoms with Gasteiger partial charge in [-0.1, -0.05) is 24.3 Å². The average molecular weight is 589 g/mol. The van der Waals surface area contributed by atoms with Crippen molar-refractivity contribution in [2.24, 2.45) is 0 Å². The number of para-hydroxylation sites is 4. The fourth-order valence-electron chi connectivity index (χ4n) is 6.76. The summed E-state index contributed by atoms with van der Waals surface area (Å²) in [5.74, 6) is -1.97. The van der Waals surface area contributed by atoms with Crippen LogP contribution in [0.1, 0.15) is 41.4 Å². The summed E-state index contributed by atoms with van der Waals surface area (Å²) < 4.78 is 11.0. The van der Waals surface area contributed by atoms with Crippen LogP contribution in [-0.4, -0.2) is 76.2 Å². The Labute approximate surface area is 252 Å². The molecule has 2 fully saturated rings. The molecule has 0 aromatic heterocycles. The molecule has 8 rings (SSSR count). The molecule has 4 aromatic rings. The highest BCUT2D eigenvalue weighted by atomic mass is 16.5. The Morgan fingerprint density at radius 2 is 0.705 bits per heavy atom. The summed E-state index contributed by atoms with van der Waals surface area (Å²) in [6.45, 7) is 4.78. The molecule has 0 radical (unpaired) electrons. The van der Waals surface area contributed by atoms with E-state index in [0.29, 0.717) is 74.8 Å². The monoisotopic (exact) mass is 588 g/mol. The highest BCUT2D eigenvalue weighted by Gasteiger charge is 2.42. The van der Waals surface area contributed by atoms with Crippen molar-refractivity contribution >= 4 is 57.2 Å². The number of morpholine rings is 2. The molecule has 4 aromatic carbocycles. The topological polar surface area (TPSA) is 99.7 Å². The lowest BCUT2D eigenvalue weighted by atomic mass is 9.85. The van der Waals surface area contributed by atoms with Gasteiger partial charge in [-0.05, 0) is 48.5 Å². The standard InChI is InChI=1S/C34H28N4O6/c39-31-21-9-11-23-30-24(34(42)38(33(23)41)28-8-4-2-6-26(28)36-15-19-44-20-16-36)12-10-22(29(21)30)32(40)37(31)27-7-3-1-5-25(27)35-13-17-43-18-14-35/h1-12H,13-20H2. The molecule has 0 bridgehead atoms. The van der Waals surface area contributed by atoms with Gasteiger partial charge in [0.1, 0.15) is 0 Å². The number of imide groups is 2. The lowest BCUT2D eigenvalue weighted by molar-refractivity contribution is 0.0873. The van der Waals surface area contributed by atoms with Gasteiger partial charge in [-0.2, -0.15) is 0 Å². The van der Waals surface area contributed by atoms with Gasteiger partial charge in [0.05, 0.1) is 49.2 Å². The summed E-state index contributed by atoms with van der Waals surface area (Å²) in [5, 5.41) is 0.691. The van der Waals surface area contributed by atoms with E-state index in [4.69, 9.17) is 9.47 Å². The van der Waals surface area contributed by atoms with Gasteiger partial charge in [-0.3, -0.25) is 19.2 Å². The quantitative estimate of drug-likeness (QED) is 0.329. The van der Waals surface area contributed by atoms with Crippen molar-refractivity contribution in [3.05, 3.63) is 95.1 Å². The minimum Gasteiger partial charge on any atom is -0.378 e. The number of benzene rings is 4. The molecule has 4 aliphatic rings. The van der Waals surface area contributed by atoms with E-state index in [9.17, 15) is 19.2 Å². The van der Waals surface area contributed by atoms with Crippen LogP contribution in [0.4, 0.5) is 22.7 Å². The Morgan fingerprint density at radius 3 is 1.02 bits per heavy atom. The number of hydrogen-bond acceptors (Lipinski definition) is 8. The zero-order valence-electron chi connectivity index (χ0n) is 23.8. The summed E-state index contributed by atoms with van der Waals surface area (Å²) in [4.78, 5) is 63.1. The van der Waals surface area contributed by atoms with Crippen LogP contribution in [0.15, 0.2) is 72.8 Å². The molecule has 10 heteroatoms. The Hall–Kier alpha value is -5.06. The van der Waals surface area contributed by atoms with Crippen LogP contribution in [0.25, 0.3) is 10.8 Å². The van der Waals surface area contributed by atoms with E-state index in [1.165, 1.54) is 9.80 Å². The van der Waals surface area contributed by atoms with E-state index in [1.807, 2.05) is 24.3 Å². The fraction of sp³-hybridized carbons (Fsp3) is 0.235. The molecule has 0 aliphatic carbocycles. The molecule has 0 unspecified atom stereocenters. The zero-order valence-corrected chi connectivity index (χ0v) is 23.8. The predicted molar refractivity (Wildman–Crippen MR) is 165 cm³/mol. The Kier molecular flexibility index (Phi) is 6.21. The van der Waals surface area contributed by atoms with Crippen LogP contribution < -0.4 is 19.6 Å². The Morgan fingerprint density at radius 1 is 0.409 bits per heavy atom. The number of carbonyl (C=O) groups excluding carboxylic acids is 4. The van der Waals surface area contributed by atoms with Gasteiger partial charge >= 0.3 is 0 Å². The van der Waals surface area contributed by atoms with E-state index in [0.717, 1.165) is 11.4 Å². The first-order valence-corrected chi connectivity index (χ1v) is 14.8. The Bertz CT molecular complexity index is 1690. The van der Waals surface area contributed by atoms with Crippen LogP contribution in [0.3, 0.4) is 0 Å². The molecule has 2 saturated heterocycles. The number of amides is 4. The van der Waals surface area contributed by atoms with Crippen molar-refractivity contribution in [3.8, 4) is 0 Å². The maximum absolute atomic E-state index is 14.1. The highest BCUT2D eigenvalue weighted by Crippen LogP contribution is 2.43. The highest BCUT2D eigenvalue weighted by molar-refractivity contribution is 6.42. The number of hydrogen-bond donors (Lipinski definition) is 0. The van der Waals surface area contributed by atoms with Gasteiger partial charge in [0.25, 0.3) is 23.6 Å². The molecular weight excluding hydrogens is 560 g/mol. The van der Waals surface area contributed by atoms with Crippen LogP contribution in [0.5, 0.6) is 0 Å². The van der Waals surface area contributed by atoms with Crippen molar-refractivity contribution in [2.45, 2.75) is 0 Å². The van der Waals surface area contributed by atoms with Crippen LogP contribution in [0, 0.1) is 0 Å². The number of nitrogens with zero attached hydrogens (tertiary/aromatic N) is 4. The molecule has 0 spiro atoms. The summed E-state index contributed by atoms with van der Waals surface area (Å²) in [6.07, 6.45) is 0. The second-order valence-corrected chi connectivity index (χ2v) is 11.1. The van der Waals surface area contributed by atoms with Crippen molar-refractivity contribution < 1.29 is 28.7 Å². The molecule has 4 heterocycles. The van der Waals surface area contributed by atoms with Gasteiger partial charge < -0.3 is 19.3 Å². The minimum absolute atomic E-state index is 0.278. The maximum atomic E-state index is 14.1. The lowest BCUT2D eigenvalue weighted by Gasteiger charge is -2.36. The molecule has 220 valence electrons. The van der Waals surface area contributed by atoms with E-state index in [-0.39, 0.29) is 22.3 Å². The van der Waals surface area contributed by atoms with Crippen LogP contribution in [-0.2, 0) is 9.47 Å². The number of carbonyl (C=O) groups is 4. The third-order valence-corrected chi connectivity index (χ3v) is 8.84. The summed E-state index contributed by atoms with van der Waals surface area (Å²) in [7, 11) is 0. The first kappa shape index (κ1) is 26.6. The number of anilines is 4. The van der Waals surface area contributed by atoms with Crippen molar-refractivity contribution in [1.29, 1.82) is 0 Å². The van der Waals surface area contributed by atoms with E-state index in [1.54, 1.807) is 48.5 Å². The molecule has 0 N–H and O–H groups in total. The first-order chi connectivity index (χ1) is 21.5. The Balaban J connectivity index is 1.23. The smallest absolute Gasteiger partial charge is 0.266 e. The molecule has 10 nitrogen and oxygen atoms in total. The van der Waals surface area contributed by atoms with Gasteiger partial charge in [0, 0.05) is 59.2 Å². The number of rotatable bonds is 4. The van der Waals surface area contributed by atoms with Gasteiger partial charge in [-0.15, -0.1) is 0 Å². The van der Waals surface area contributed by atoms with Gasteiger partial charge in [0.2, 0.25) is 0 Å². The number of ether oxygens (including phenoxy) is 2. The molecule has 0 saturated carbocycles. The first-order valence-electron chi connectivity index (χ1n) is 14.8. The largest absolute Gasteiger partial charge is 0.378 e. The second-order valence-electron chi connectivity index (χ2n) is 11.1. The third kappa shape index (κ3) is 3.88. The zero-order chi connectivity index (χ0) is 29.9. The predicted octanol–water partition coefficient (Wildman–Crippen LogP) is 4.11. The van der Waals surface area contributed by atoms with E-state index >= 15 is 0 Å². The summed E-state index contributed by atoms with van der Waals surface area (Å²) >= 11 is 0. The summed E-state index contributed by atoms with van der Waals surface area (Å²) in [6, 6.07) is 21.1. The van der Waals surface area contributed by atoms with Crippen LogP contribution in [0.2, 0.25) is 0 Å². The lowest BCUT2D eigenvalue weighted by Crippen LogP contribution is -2.45. The normalized spacial score (nSPS) is 18.5. The van der Waals surface area contributed by atoms with Gasteiger partial charge in [0.15, 0.2) is 0 Å². The molecule has 44 heavy (non-hydrogen) atoms. The van der Waals surface area contributed by atoms with E-state index < -0.39 is 23.6 Å². The van der Waals surface area contributed by atoms with Gasteiger partial charge in [-0.25, -0.2) is 9.80 Å². The maximum Gasteiger partial charge on any atom is 0.266 e. The average Bonchev–Trinajstić information content (AvgIpc) is 3.07. The molecule has 0 atom stereocenters. The SMILES string of the molecule is O=C1c2ccc3c4c(ccc(c24)C(=O)N1c1ccccc1N1CCOCC1)C(=O)N(c1ccccc1N1CCOCC1)C3=O. The molecule has 4 amide bonds. The van der Waals surface area contributed by atoms with Crippen LogP contribution >= 0.6 is 0 Å². The van der Waals surface area contributed by atoms with E-state index in [2.05, 4.69) is 9.80 Å². The summed E-state index contributed by atoms with van der Waals surface area (Å²) in [5.41, 5.74) is 3.62. The van der Waals surface area contributed by atoms with Crippen molar-refractivity contribution in [1.82, 2.24) is 0 Å². The fourth-order valence-corrected chi connectivity index (χ4v) is 6.76. The second kappa shape index (κ2) is 10.3. The van der Waals surface area contributed by atoms with Crippen molar-refractivity contribution in [3.63, 3.8) is 0 Å². The molecule has 4 aliphatic heterocycles. The minimum atomic E-state index is -0.494. The third-order valence-electron chi connectivity index (χ3n) is 8.84. The van der Waals surface area contributed by atoms with Crippen molar-refractivity contribution in [2.75, 3.05) is 72.2 Å². The molecular formula is C34H28N4O6.